The Bertz CT molecular complexity index is 574. The Morgan fingerprint density at radius 3 is 2.57 bits per heavy atom. The normalized spacial score (nSPS) is 17.7. The smallest absolute Gasteiger partial charge is 0.242 e. The number of rotatable bonds is 8. The number of sulfonamides is 1. The van der Waals surface area contributed by atoms with Crippen molar-refractivity contribution in [2.24, 2.45) is 0 Å². The number of hydrogen-bond donors (Lipinski definition) is 2. The number of nitrogens with zero attached hydrogens (tertiary/aromatic N) is 1. The summed E-state index contributed by atoms with van der Waals surface area (Å²) < 4.78 is 30.0. The Balaban J connectivity index is 2.21. The molecule has 0 spiro atoms. The van der Waals surface area contributed by atoms with Gasteiger partial charge >= 0.3 is 0 Å². The first-order valence-corrected chi connectivity index (χ1v) is 9.32. The maximum atomic E-state index is 12.5. The Labute approximate surface area is 128 Å². The number of nitrogens with one attached hydrogen (secondary N) is 2. The molecule has 120 valence electrons. The number of hydrogen-bond acceptors (Lipinski definition) is 3. The minimum Gasteiger partial charge on any atom is -0.349 e. The molecule has 0 aliphatic heterocycles. The summed E-state index contributed by atoms with van der Waals surface area (Å²) in [5.74, 6) is 0. The van der Waals surface area contributed by atoms with Gasteiger partial charge in [0.05, 0.1) is 4.90 Å². The largest absolute Gasteiger partial charge is 0.349 e. The minimum atomic E-state index is -3.42. The molecule has 1 saturated carbocycles. The summed E-state index contributed by atoms with van der Waals surface area (Å²) in [6.45, 7) is 8.53. The molecule has 6 heteroatoms. The van der Waals surface area contributed by atoms with E-state index in [0.717, 1.165) is 44.5 Å². The fourth-order valence-corrected chi connectivity index (χ4v) is 4.24. The molecule has 2 rings (SSSR count). The number of aromatic nitrogens is 1. The standard InChI is InChI=1S/C15H27N3O2S/c1-4-9-18-12-14(10-13(18)11-16-5-2)21(19,20)17-15(3)7-6-8-15/h10,12,16-17H,4-9,11H2,1-3H3. The van der Waals surface area contributed by atoms with Crippen molar-refractivity contribution in [1.82, 2.24) is 14.6 Å². The van der Waals surface area contributed by atoms with Crippen LogP contribution >= 0.6 is 0 Å². The topological polar surface area (TPSA) is 63.1 Å². The van der Waals surface area contributed by atoms with Gasteiger partial charge in [0.1, 0.15) is 0 Å². The molecule has 1 heterocycles. The molecule has 0 aromatic carbocycles. The van der Waals surface area contributed by atoms with Crippen LogP contribution in [0.25, 0.3) is 0 Å². The summed E-state index contributed by atoms with van der Waals surface area (Å²) in [5, 5.41) is 3.26. The predicted molar refractivity (Wildman–Crippen MR) is 84.7 cm³/mol. The Kier molecular flexibility index (Phi) is 5.11. The third kappa shape index (κ3) is 3.87. The fourth-order valence-electron chi connectivity index (χ4n) is 2.72. The van der Waals surface area contributed by atoms with Gasteiger partial charge in [0.25, 0.3) is 0 Å². The fraction of sp³-hybridized carbons (Fsp3) is 0.733. The maximum absolute atomic E-state index is 12.5. The van der Waals surface area contributed by atoms with Crippen LogP contribution in [0.1, 0.15) is 52.1 Å². The van der Waals surface area contributed by atoms with E-state index in [1.807, 2.05) is 18.4 Å². The molecule has 0 amide bonds. The lowest BCUT2D eigenvalue weighted by Crippen LogP contribution is -2.50. The van der Waals surface area contributed by atoms with Crippen LogP contribution in [0.5, 0.6) is 0 Å². The van der Waals surface area contributed by atoms with E-state index in [1.54, 1.807) is 12.3 Å². The first-order chi connectivity index (χ1) is 9.90. The number of aryl methyl sites for hydroxylation is 1. The van der Waals surface area contributed by atoms with Gasteiger partial charge in [-0.2, -0.15) is 0 Å². The van der Waals surface area contributed by atoms with Crippen LogP contribution in [0.3, 0.4) is 0 Å². The van der Waals surface area contributed by atoms with Crippen LogP contribution in [-0.4, -0.2) is 25.1 Å². The van der Waals surface area contributed by atoms with Gasteiger partial charge in [-0.3, -0.25) is 0 Å². The molecule has 0 atom stereocenters. The zero-order valence-corrected chi connectivity index (χ0v) is 14.1. The van der Waals surface area contributed by atoms with Crippen molar-refractivity contribution in [1.29, 1.82) is 0 Å². The molecule has 0 saturated heterocycles. The molecule has 1 aromatic rings. The molecule has 2 N–H and O–H groups in total. The van der Waals surface area contributed by atoms with Crippen molar-refractivity contribution < 1.29 is 8.42 Å². The first kappa shape index (κ1) is 16.5. The van der Waals surface area contributed by atoms with Crippen molar-refractivity contribution in [3.63, 3.8) is 0 Å². The van der Waals surface area contributed by atoms with Gasteiger partial charge in [-0.25, -0.2) is 13.1 Å². The second-order valence-electron chi connectivity index (χ2n) is 6.16. The van der Waals surface area contributed by atoms with Crippen molar-refractivity contribution in [2.45, 2.75) is 70.0 Å². The summed E-state index contributed by atoms with van der Waals surface area (Å²) in [7, 11) is -3.42. The summed E-state index contributed by atoms with van der Waals surface area (Å²) in [6, 6.07) is 1.79. The second-order valence-corrected chi connectivity index (χ2v) is 7.84. The third-order valence-electron chi connectivity index (χ3n) is 4.13. The van der Waals surface area contributed by atoms with Crippen molar-refractivity contribution in [3.05, 3.63) is 18.0 Å². The highest BCUT2D eigenvalue weighted by Gasteiger charge is 2.36. The van der Waals surface area contributed by atoms with Gasteiger partial charge in [-0.05, 0) is 45.2 Å². The monoisotopic (exact) mass is 313 g/mol. The molecular weight excluding hydrogens is 286 g/mol. The van der Waals surface area contributed by atoms with Crippen LogP contribution < -0.4 is 10.0 Å². The van der Waals surface area contributed by atoms with E-state index in [2.05, 4.69) is 17.0 Å². The van der Waals surface area contributed by atoms with Gasteiger partial charge in [0.15, 0.2) is 0 Å². The highest BCUT2D eigenvalue weighted by molar-refractivity contribution is 7.89. The first-order valence-electron chi connectivity index (χ1n) is 7.84. The van der Waals surface area contributed by atoms with E-state index < -0.39 is 10.0 Å². The Morgan fingerprint density at radius 2 is 2.05 bits per heavy atom. The zero-order chi connectivity index (χ0) is 15.5. The maximum Gasteiger partial charge on any atom is 0.242 e. The lowest BCUT2D eigenvalue weighted by molar-refractivity contribution is 0.248. The Hall–Kier alpha value is -0.850. The summed E-state index contributed by atoms with van der Waals surface area (Å²) in [6.07, 6.45) is 5.69. The van der Waals surface area contributed by atoms with Gasteiger partial charge in [0.2, 0.25) is 10.0 Å². The Morgan fingerprint density at radius 1 is 1.33 bits per heavy atom. The van der Waals surface area contributed by atoms with E-state index in [0.29, 0.717) is 11.4 Å². The van der Waals surface area contributed by atoms with Crippen molar-refractivity contribution >= 4 is 10.0 Å². The molecule has 1 aromatic heterocycles. The van der Waals surface area contributed by atoms with Crippen molar-refractivity contribution in [3.8, 4) is 0 Å². The molecule has 21 heavy (non-hydrogen) atoms. The highest BCUT2D eigenvalue weighted by Crippen LogP contribution is 2.32. The molecule has 0 unspecified atom stereocenters. The molecule has 1 aliphatic carbocycles. The molecule has 0 radical (unpaired) electrons. The van der Waals surface area contributed by atoms with Crippen molar-refractivity contribution in [2.75, 3.05) is 6.54 Å². The molecule has 1 fully saturated rings. The quantitative estimate of drug-likeness (QED) is 0.773. The minimum absolute atomic E-state index is 0.256. The zero-order valence-electron chi connectivity index (χ0n) is 13.3. The van der Waals surface area contributed by atoms with Gasteiger partial charge < -0.3 is 9.88 Å². The van der Waals surface area contributed by atoms with Crippen LogP contribution in [-0.2, 0) is 23.1 Å². The van der Waals surface area contributed by atoms with E-state index in [-0.39, 0.29) is 5.54 Å². The summed E-state index contributed by atoms with van der Waals surface area (Å²) >= 11 is 0. The van der Waals surface area contributed by atoms with Crippen LogP contribution in [0.15, 0.2) is 17.2 Å². The average molecular weight is 313 g/mol. The van der Waals surface area contributed by atoms with Gasteiger partial charge in [-0.15, -0.1) is 0 Å². The lowest BCUT2D eigenvalue weighted by atomic mass is 9.80. The average Bonchev–Trinajstić information content (AvgIpc) is 2.79. The lowest BCUT2D eigenvalue weighted by Gasteiger charge is -2.38. The molecular formula is C15H27N3O2S. The van der Waals surface area contributed by atoms with Crippen LogP contribution in [0.4, 0.5) is 0 Å². The van der Waals surface area contributed by atoms with E-state index in [1.165, 1.54) is 0 Å². The van der Waals surface area contributed by atoms with Gasteiger partial charge in [-0.1, -0.05) is 13.8 Å². The SMILES string of the molecule is CCCn1cc(S(=O)(=O)NC2(C)CCC2)cc1CNCC. The molecule has 0 bridgehead atoms. The van der Waals surface area contributed by atoms with Gasteiger partial charge in [0, 0.05) is 30.5 Å². The second kappa shape index (κ2) is 6.50. The predicted octanol–water partition coefficient (Wildman–Crippen LogP) is 2.23. The van der Waals surface area contributed by atoms with E-state index >= 15 is 0 Å². The summed E-state index contributed by atoms with van der Waals surface area (Å²) in [5.41, 5.74) is 0.769. The molecule has 5 nitrogen and oxygen atoms in total. The third-order valence-corrected chi connectivity index (χ3v) is 5.74. The van der Waals surface area contributed by atoms with E-state index in [4.69, 9.17) is 0 Å². The van der Waals surface area contributed by atoms with E-state index in [9.17, 15) is 8.42 Å². The van der Waals surface area contributed by atoms with Crippen LogP contribution in [0, 0.1) is 0 Å². The van der Waals surface area contributed by atoms with Crippen LogP contribution in [0.2, 0.25) is 0 Å². The molecule has 1 aliphatic rings. The highest BCUT2D eigenvalue weighted by atomic mass is 32.2. The summed E-state index contributed by atoms with van der Waals surface area (Å²) in [4.78, 5) is 0.386.